The van der Waals surface area contributed by atoms with Crippen molar-refractivity contribution >= 4 is 5.69 Å². The second kappa shape index (κ2) is 12.2. The average molecular weight is 544 g/mol. The zero-order valence-corrected chi connectivity index (χ0v) is 26.8. The standard InChI is InChI=1S/C38H57NO/c1-8-9-23-39-33-22-19-27(2)25-32(33)34-35(30-17-13-14-18-31(30)36(34)39)38(6,7)29-21-20-28(26-29)16-12-10-11-15-24-40-37(3,4)5/h13-14,17-19,22,25,28-29,34-36H,8-12,15-16,20-21,23-24,26H2,1-7H3. The molecule has 2 aliphatic carbocycles. The largest absolute Gasteiger partial charge is 0.376 e. The Labute approximate surface area is 246 Å². The van der Waals surface area contributed by atoms with Crippen LogP contribution < -0.4 is 4.90 Å². The van der Waals surface area contributed by atoms with Crippen molar-refractivity contribution in [2.45, 2.75) is 136 Å². The van der Waals surface area contributed by atoms with Gasteiger partial charge >= 0.3 is 0 Å². The summed E-state index contributed by atoms with van der Waals surface area (Å²) in [6.45, 7) is 18.4. The summed E-state index contributed by atoms with van der Waals surface area (Å²) in [7, 11) is 0. The molecule has 220 valence electrons. The van der Waals surface area contributed by atoms with E-state index in [0.29, 0.717) is 17.9 Å². The van der Waals surface area contributed by atoms with Crippen molar-refractivity contribution in [3.63, 3.8) is 0 Å². The molecule has 2 aromatic rings. The molecule has 2 nitrogen and oxygen atoms in total. The SMILES string of the molecule is CCCCN1c2ccc(C)cc2C2C1c1ccccc1C2C(C)(C)C1CCC(CCCCCCOC(C)(C)C)C1. The average Bonchev–Trinajstić information content (AvgIpc) is 3.59. The second-order valence-corrected chi connectivity index (χ2v) is 15.0. The molecule has 0 spiro atoms. The van der Waals surface area contributed by atoms with Crippen molar-refractivity contribution < 1.29 is 4.74 Å². The first-order valence-corrected chi connectivity index (χ1v) is 16.7. The molecule has 3 aliphatic rings. The number of unbranched alkanes of at least 4 members (excludes halogenated alkanes) is 4. The fraction of sp³-hybridized carbons (Fsp3) is 0.684. The molecule has 1 heterocycles. The van der Waals surface area contributed by atoms with Gasteiger partial charge in [0.25, 0.3) is 0 Å². The molecule has 0 bridgehead atoms. The number of hydrogen-bond acceptors (Lipinski definition) is 2. The minimum atomic E-state index is -0.00128. The van der Waals surface area contributed by atoms with Crippen molar-refractivity contribution in [1.29, 1.82) is 0 Å². The zero-order chi connectivity index (χ0) is 28.5. The Morgan fingerprint density at radius 3 is 2.35 bits per heavy atom. The van der Waals surface area contributed by atoms with Gasteiger partial charge in [-0.05, 0) is 99.3 Å². The highest BCUT2D eigenvalue weighted by Crippen LogP contribution is 2.67. The monoisotopic (exact) mass is 543 g/mol. The molecule has 1 saturated carbocycles. The summed E-state index contributed by atoms with van der Waals surface area (Å²) < 4.78 is 5.92. The maximum atomic E-state index is 5.92. The van der Waals surface area contributed by atoms with E-state index in [-0.39, 0.29) is 11.0 Å². The van der Waals surface area contributed by atoms with Crippen molar-refractivity contribution in [2.75, 3.05) is 18.1 Å². The number of nitrogens with zero attached hydrogens (tertiary/aromatic N) is 1. The lowest BCUT2D eigenvalue weighted by Crippen LogP contribution is -2.33. The van der Waals surface area contributed by atoms with Crippen LogP contribution in [-0.4, -0.2) is 18.8 Å². The van der Waals surface area contributed by atoms with Crippen LogP contribution in [0.5, 0.6) is 0 Å². The summed E-state index contributed by atoms with van der Waals surface area (Å²) in [6.07, 6.45) is 13.5. The number of anilines is 1. The lowest BCUT2D eigenvalue weighted by Gasteiger charge is -2.41. The van der Waals surface area contributed by atoms with Crippen LogP contribution in [0.1, 0.15) is 146 Å². The van der Waals surface area contributed by atoms with Gasteiger partial charge in [-0.1, -0.05) is 101 Å². The van der Waals surface area contributed by atoms with Crippen LogP contribution in [0.4, 0.5) is 5.69 Å². The maximum Gasteiger partial charge on any atom is 0.0620 e. The minimum Gasteiger partial charge on any atom is -0.376 e. The molecule has 1 aliphatic heterocycles. The van der Waals surface area contributed by atoms with Crippen LogP contribution >= 0.6 is 0 Å². The summed E-state index contributed by atoms with van der Waals surface area (Å²) in [6, 6.07) is 17.4. The molecule has 0 aromatic heterocycles. The zero-order valence-electron chi connectivity index (χ0n) is 26.8. The van der Waals surface area contributed by atoms with Gasteiger partial charge in [0.15, 0.2) is 0 Å². The molecule has 2 aromatic carbocycles. The van der Waals surface area contributed by atoms with E-state index in [2.05, 4.69) is 95.8 Å². The van der Waals surface area contributed by atoms with Gasteiger partial charge in [0.05, 0.1) is 11.6 Å². The Morgan fingerprint density at radius 2 is 1.60 bits per heavy atom. The molecule has 5 rings (SSSR count). The van der Waals surface area contributed by atoms with Crippen molar-refractivity contribution in [3.05, 3.63) is 64.7 Å². The van der Waals surface area contributed by atoms with Crippen LogP contribution in [0, 0.1) is 24.2 Å². The van der Waals surface area contributed by atoms with Crippen molar-refractivity contribution in [2.24, 2.45) is 17.3 Å². The molecular formula is C38H57NO. The fourth-order valence-electron chi connectivity index (χ4n) is 8.68. The predicted octanol–water partition coefficient (Wildman–Crippen LogP) is 10.7. The van der Waals surface area contributed by atoms with Gasteiger partial charge in [0.2, 0.25) is 0 Å². The number of hydrogen-bond donors (Lipinski definition) is 0. The number of benzene rings is 2. The number of aryl methyl sites for hydroxylation is 1. The van der Waals surface area contributed by atoms with E-state index in [4.69, 9.17) is 4.74 Å². The molecule has 5 unspecified atom stereocenters. The van der Waals surface area contributed by atoms with Gasteiger partial charge in [0.1, 0.15) is 0 Å². The van der Waals surface area contributed by atoms with Gasteiger partial charge in [-0.25, -0.2) is 0 Å². The quantitative estimate of drug-likeness (QED) is 0.247. The normalized spacial score (nSPS) is 25.8. The first kappa shape index (κ1) is 29.7. The van der Waals surface area contributed by atoms with Gasteiger partial charge < -0.3 is 9.64 Å². The van der Waals surface area contributed by atoms with Crippen molar-refractivity contribution in [3.8, 4) is 0 Å². The number of ether oxygens (including phenoxy) is 1. The van der Waals surface area contributed by atoms with Gasteiger partial charge in [-0.2, -0.15) is 0 Å². The number of rotatable bonds is 12. The van der Waals surface area contributed by atoms with Crippen LogP contribution in [0.15, 0.2) is 42.5 Å². The van der Waals surface area contributed by atoms with E-state index >= 15 is 0 Å². The molecular weight excluding hydrogens is 486 g/mol. The highest BCUT2D eigenvalue weighted by molar-refractivity contribution is 5.68. The lowest BCUT2D eigenvalue weighted by molar-refractivity contribution is -0.00476. The Morgan fingerprint density at radius 1 is 0.850 bits per heavy atom. The van der Waals surface area contributed by atoms with Crippen LogP contribution in [0.25, 0.3) is 0 Å². The Bertz CT molecular complexity index is 1130. The topological polar surface area (TPSA) is 12.5 Å². The Hall–Kier alpha value is -1.80. The first-order chi connectivity index (χ1) is 19.1. The molecule has 0 saturated heterocycles. The highest BCUT2D eigenvalue weighted by atomic mass is 16.5. The van der Waals surface area contributed by atoms with Gasteiger partial charge in [-0.15, -0.1) is 0 Å². The molecule has 5 atom stereocenters. The summed E-state index contributed by atoms with van der Waals surface area (Å²) >= 11 is 0. The molecule has 2 heteroatoms. The van der Waals surface area contributed by atoms with Gasteiger partial charge in [0, 0.05) is 24.8 Å². The summed E-state index contributed by atoms with van der Waals surface area (Å²) in [5, 5.41) is 0. The minimum absolute atomic E-state index is 0.00128. The summed E-state index contributed by atoms with van der Waals surface area (Å²) in [5.74, 6) is 2.90. The molecule has 1 fully saturated rings. The summed E-state index contributed by atoms with van der Waals surface area (Å²) in [5.41, 5.74) is 8.10. The van der Waals surface area contributed by atoms with E-state index in [1.165, 1.54) is 82.0 Å². The van der Waals surface area contributed by atoms with E-state index in [0.717, 1.165) is 18.4 Å². The third kappa shape index (κ3) is 6.04. The maximum absolute atomic E-state index is 5.92. The number of fused-ring (bicyclic) bond motifs is 5. The molecule has 0 N–H and O–H groups in total. The third-order valence-corrected chi connectivity index (χ3v) is 10.7. The second-order valence-electron chi connectivity index (χ2n) is 15.0. The van der Waals surface area contributed by atoms with E-state index in [1.807, 2.05) is 0 Å². The Balaban J connectivity index is 1.29. The highest BCUT2D eigenvalue weighted by Gasteiger charge is 2.56. The van der Waals surface area contributed by atoms with Crippen LogP contribution in [0.3, 0.4) is 0 Å². The first-order valence-electron chi connectivity index (χ1n) is 16.7. The molecule has 40 heavy (non-hydrogen) atoms. The van der Waals surface area contributed by atoms with Crippen LogP contribution in [0.2, 0.25) is 0 Å². The van der Waals surface area contributed by atoms with E-state index < -0.39 is 0 Å². The summed E-state index contributed by atoms with van der Waals surface area (Å²) in [4.78, 5) is 2.79. The van der Waals surface area contributed by atoms with E-state index in [1.54, 1.807) is 16.7 Å². The predicted molar refractivity (Wildman–Crippen MR) is 171 cm³/mol. The van der Waals surface area contributed by atoms with E-state index in [9.17, 15) is 0 Å². The molecule has 0 radical (unpaired) electrons. The molecule has 0 amide bonds. The Kier molecular flexibility index (Phi) is 9.06. The van der Waals surface area contributed by atoms with Crippen molar-refractivity contribution in [1.82, 2.24) is 0 Å². The van der Waals surface area contributed by atoms with Crippen LogP contribution in [-0.2, 0) is 4.74 Å². The van der Waals surface area contributed by atoms with Gasteiger partial charge in [-0.3, -0.25) is 0 Å². The fourth-order valence-corrected chi connectivity index (χ4v) is 8.68. The smallest absolute Gasteiger partial charge is 0.0620 e. The third-order valence-electron chi connectivity index (χ3n) is 10.7. The lowest BCUT2D eigenvalue weighted by atomic mass is 9.62.